The molecule has 2 aliphatic heterocycles. The van der Waals surface area contributed by atoms with E-state index in [0.29, 0.717) is 11.9 Å². The van der Waals surface area contributed by atoms with E-state index in [1.807, 2.05) is 11.1 Å². The summed E-state index contributed by atoms with van der Waals surface area (Å²) < 4.78 is 2.11. The number of carbonyl (C=O) groups is 1. The van der Waals surface area contributed by atoms with Gasteiger partial charge in [-0.15, -0.1) is 0 Å². The maximum absolute atomic E-state index is 11.5. The summed E-state index contributed by atoms with van der Waals surface area (Å²) in [7, 11) is 0. The average molecular weight is 234 g/mol. The Morgan fingerprint density at radius 1 is 1.53 bits per heavy atom. The lowest BCUT2D eigenvalue weighted by atomic mass is 10.1. The van der Waals surface area contributed by atoms with Gasteiger partial charge in [0.05, 0.1) is 11.7 Å². The molecule has 3 heterocycles. The zero-order valence-corrected chi connectivity index (χ0v) is 9.93. The van der Waals surface area contributed by atoms with Gasteiger partial charge in [-0.3, -0.25) is 9.48 Å². The summed E-state index contributed by atoms with van der Waals surface area (Å²) in [6.45, 7) is 3.66. The standard InChI is InChI=1S/C12H18N4O/c17-12-2-1-6-15(12)7-4-11-9-13-8-10-3-5-14-16(10)11/h3,5,11,13H,1-2,4,6-9H2. The van der Waals surface area contributed by atoms with Crippen molar-refractivity contribution >= 4 is 5.91 Å². The van der Waals surface area contributed by atoms with Crippen LogP contribution in [-0.4, -0.2) is 40.2 Å². The van der Waals surface area contributed by atoms with E-state index in [-0.39, 0.29) is 0 Å². The van der Waals surface area contributed by atoms with E-state index >= 15 is 0 Å². The van der Waals surface area contributed by atoms with Crippen molar-refractivity contribution in [3.8, 4) is 0 Å². The molecule has 17 heavy (non-hydrogen) atoms. The quantitative estimate of drug-likeness (QED) is 0.830. The summed E-state index contributed by atoms with van der Waals surface area (Å²) in [5.41, 5.74) is 1.24. The van der Waals surface area contributed by atoms with Crippen LogP contribution in [0.25, 0.3) is 0 Å². The molecule has 1 unspecified atom stereocenters. The highest BCUT2D eigenvalue weighted by atomic mass is 16.2. The van der Waals surface area contributed by atoms with Gasteiger partial charge in [0, 0.05) is 38.8 Å². The summed E-state index contributed by atoms with van der Waals surface area (Å²) in [5.74, 6) is 0.314. The number of rotatable bonds is 3. The highest BCUT2D eigenvalue weighted by molar-refractivity contribution is 5.77. The van der Waals surface area contributed by atoms with Crippen LogP contribution in [-0.2, 0) is 11.3 Å². The molecule has 0 spiro atoms. The number of fused-ring (bicyclic) bond motifs is 1. The summed E-state index contributed by atoms with van der Waals surface area (Å²) in [6.07, 6.45) is 4.61. The molecule has 1 aromatic heterocycles. The van der Waals surface area contributed by atoms with Gasteiger partial charge in [0.25, 0.3) is 0 Å². The van der Waals surface area contributed by atoms with E-state index in [0.717, 1.165) is 45.4 Å². The van der Waals surface area contributed by atoms with Crippen molar-refractivity contribution in [1.82, 2.24) is 20.0 Å². The predicted octanol–water partition coefficient (Wildman–Crippen LogP) is 0.540. The second-order valence-corrected chi connectivity index (χ2v) is 4.82. The van der Waals surface area contributed by atoms with Crippen LogP contribution >= 0.6 is 0 Å². The molecule has 3 rings (SSSR count). The summed E-state index contributed by atoms with van der Waals surface area (Å²) >= 11 is 0. The first-order chi connectivity index (χ1) is 8.34. The minimum atomic E-state index is 0.314. The van der Waals surface area contributed by atoms with Crippen LogP contribution in [0.3, 0.4) is 0 Å². The summed E-state index contributed by atoms with van der Waals surface area (Å²) in [5, 5.41) is 7.78. The van der Waals surface area contributed by atoms with Gasteiger partial charge < -0.3 is 10.2 Å². The molecule has 2 aliphatic rings. The van der Waals surface area contributed by atoms with Crippen LogP contribution in [0.1, 0.15) is 31.0 Å². The summed E-state index contributed by atoms with van der Waals surface area (Å²) in [4.78, 5) is 13.5. The molecule has 1 saturated heterocycles. The largest absolute Gasteiger partial charge is 0.343 e. The lowest BCUT2D eigenvalue weighted by Gasteiger charge is -2.27. The first-order valence-electron chi connectivity index (χ1n) is 6.35. The van der Waals surface area contributed by atoms with Crippen LogP contribution in [0.15, 0.2) is 12.3 Å². The first kappa shape index (κ1) is 10.8. The van der Waals surface area contributed by atoms with Crippen molar-refractivity contribution in [1.29, 1.82) is 0 Å². The molecular weight excluding hydrogens is 216 g/mol. The molecule has 0 bridgehead atoms. The second-order valence-electron chi connectivity index (χ2n) is 4.82. The van der Waals surface area contributed by atoms with Gasteiger partial charge in [-0.1, -0.05) is 0 Å². The molecule has 0 aliphatic carbocycles. The Balaban J connectivity index is 1.61. The van der Waals surface area contributed by atoms with Gasteiger partial charge in [0.1, 0.15) is 0 Å². The molecule has 1 N–H and O–H groups in total. The molecule has 0 saturated carbocycles. The zero-order valence-electron chi connectivity index (χ0n) is 9.93. The number of hydrogen-bond donors (Lipinski definition) is 1. The number of amides is 1. The van der Waals surface area contributed by atoms with Crippen molar-refractivity contribution in [3.05, 3.63) is 18.0 Å². The summed E-state index contributed by atoms with van der Waals surface area (Å²) in [6, 6.07) is 2.45. The van der Waals surface area contributed by atoms with Gasteiger partial charge in [-0.2, -0.15) is 5.10 Å². The third-order valence-corrected chi connectivity index (χ3v) is 3.69. The Morgan fingerprint density at radius 2 is 2.47 bits per heavy atom. The average Bonchev–Trinajstić information content (AvgIpc) is 2.95. The monoisotopic (exact) mass is 234 g/mol. The first-order valence-corrected chi connectivity index (χ1v) is 6.35. The van der Waals surface area contributed by atoms with E-state index in [1.54, 1.807) is 0 Å². The number of nitrogens with zero attached hydrogens (tertiary/aromatic N) is 3. The fourth-order valence-electron chi connectivity index (χ4n) is 2.73. The molecule has 5 nitrogen and oxygen atoms in total. The number of hydrogen-bond acceptors (Lipinski definition) is 3. The third-order valence-electron chi connectivity index (χ3n) is 3.69. The Hall–Kier alpha value is -1.36. The minimum Gasteiger partial charge on any atom is -0.343 e. The maximum atomic E-state index is 11.5. The second kappa shape index (κ2) is 4.49. The Morgan fingerprint density at radius 3 is 3.29 bits per heavy atom. The lowest BCUT2D eigenvalue weighted by molar-refractivity contribution is -0.127. The smallest absolute Gasteiger partial charge is 0.222 e. The van der Waals surface area contributed by atoms with Gasteiger partial charge in [0.15, 0.2) is 0 Å². The van der Waals surface area contributed by atoms with E-state index in [2.05, 4.69) is 21.2 Å². The number of aromatic nitrogens is 2. The van der Waals surface area contributed by atoms with Crippen molar-refractivity contribution in [2.45, 2.75) is 31.8 Å². The molecule has 1 amide bonds. The zero-order chi connectivity index (χ0) is 11.7. The highest BCUT2D eigenvalue weighted by Gasteiger charge is 2.24. The van der Waals surface area contributed by atoms with Crippen molar-refractivity contribution < 1.29 is 4.79 Å². The SMILES string of the molecule is O=C1CCCN1CCC1CNCc2ccnn21. The Bertz CT molecular complexity index is 414. The van der Waals surface area contributed by atoms with E-state index in [9.17, 15) is 4.79 Å². The molecule has 0 aromatic carbocycles. The molecule has 1 atom stereocenters. The van der Waals surface area contributed by atoms with E-state index in [4.69, 9.17) is 0 Å². The lowest BCUT2D eigenvalue weighted by Crippen LogP contribution is -2.36. The van der Waals surface area contributed by atoms with E-state index < -0.39 is 0 Å². The molecule has 0 radical (unpaired) electrons. The van der Waals surface area contributed by atoms with Crippen molar-refractivity contribution in [2.75, 3.05) is 19.6 Å². The van der Waals surface area contributed by atoms with Crippen LogP contribution in [0.5, 0.6) is 0 Å². The molecule has 92 valence electrons. The van der Waals surface area contributed by atoms with E-state index in [1.165, 1.54) is 5.69 Å². The van der Waals surface area contributed by atoms with Gasteiger partial charge in [-0.25, -0.2) is 0 Å². The molecule has 1 aromatic rings. The Kier molecular flexibility index (Phi) is 2.84. The van der Waals surface area contributed by atoms with Crippen LogP contribution < -0.4 is 5.32 Å². The van der Waals surface area contributed by atoms with Gasteiger partial charge in [-0.05, 0) is 18.9 Å². The topological polar surface area (TPSA) is 50.2 Å². The number of nitrogens with one attached hydrogen (secondary N) is 1. The van der Waals surface area contributed by atoms with Crippen molar-refractivity contribution in [2.24, 2.45) is 0 Å². The van der Waals surface area contributed by atoms with Gasteiger partial charge >= 0.3 is 0 Å². The highest BCUT2D eigenvalue weighted by Crippen LogP contribution is 2.19. The fourth-order valence-corrected chi connectivity index (χ4v) is 2.73. The van der Waals surface area contributed by atoms with Gasteiger partial charge in [0.2, 0.25) is 5.91 Å². The third kappa shape index (κ3) is 2.07. The molecule has 1 fully saturated rings. The Labute approximate surface area is 101 Å². The normalized spacial score (nSPS) is 24.1. The van der Waals surface area contributed by atoms with Crippen LogP contribution in [0, 0.1) is 0 Å². The molecular formula is C12H18N4O. The minimum absolute atomic E-state index is 0.314. The van der Waals surface area contributed by atoms with Crippen molar-refractivity contribution in [3.63, 3.8) is 0 Å². The number of carbonyl (C=O) groups excluding carboxylic acids is 1. The van der Waals surface area contributed by atoms with Crippen LogP contribution in [0.4, 0.5) is 0 Å². The maximum Gasteiger partial charge on any atom is 0.222 e. The van der Waals surface area contributed by atoms with Crippen LogP contribution in [0.2, 0.25) is 0 Å². The predicted molar refractivity (Wildman–Crippen MR) is 63.4 cm³/mol. The fraction of sp³-hybridized carbons (Fsp3) is 0.667. The molecule has 5 heteroatoms. The number of likely N-dealkylation sites (tertiary alicyclic amines) is 1.